The number of carbonyl (C=O) groups is 1. The van der Waals surface area contributed by atoms with Crippen LogP contribution in [-0.2, 0) is 4.79 Å². The normalized spacial score (nSPS) is 11.2. The maximum atomic E-state index is 12.0. The van der Waals surface area contributed by atoms with Crippen LogP contribution in [0.2, 0.25) is 0 Å². The van der Waals surface area contributed by atoms with Crippen molar-refractivity contribution in [3.8, 4) is 0 Å². The maximum absolute atomic E-state index is 12.0. The highest BCUT2D eigenvalue weighted by atomic mass is 32.1. The number of aromatic nitrogens is 1. The van der Waals surface area contributed by atoms with E-state index in [1.807, 2.05) is 29.2 Å². The Morgan fingerprint density at radius 3 is 2.90 bits per heavy atom. The number of carbonyl (C=O) groups excluding carboxylic acids is 1. The molecule has 20 heavy (non-hydrogen) atoms. The van der Waals surface area contributed by atoms with Crippen molar-refractivity contribution in [2.45, 2.75) is 13.3 Å². The van der Waals surface area contributed by atoms with Gasteiger partial charge in [-0.15, -0.1) is 0 Å². The molecule has 0 bridgehead atoms. The number of fused-ring (bicyclic) bond motifs is 1. The van der Waals surface area contributed by atoms with Crippen molar-refractivity contribution in [3.05, 3.63) is 24.3 Å². The number of amides is 1. The standard InChI is InChI=1S/C14H19N3O2S/c1-2-7-17(8-9-18)10-13(19)16-14-15-11-5-3-4-6-12(11)20-14/h3-6,18H,2,7-10H2,1H3,(H,15,16,19). The predicted octanol–water partition coefficient (Wildman–Crippen LogP) is 1.94. The van der Waals surface area contributed by atoms with Crippen LogP contribution in [0, 0.1) is 0 Å². The number of benzene rings is 1. The third-order valence-corrected chi connectivity index (χ3v) is 3.82. The van der Waals surface area contributed by atoms with Gasteiger partial charge in [-0.25, -0.2) is 4.98 Å². The topological polar surface area (TPSA) is 65.5 Å². The lowest BCUT2D eigenvalue weighted by atomic mass is 10.3. The second kappa shape index (κ2) is 7.33. The van der Waals surface area contributed by atoms with Gasteiger partial charge >= 0.3 is 0 Å². The first-order chi connectivity index (χ1) is 9.72. The van der Waals surface area contributed by atoms with E-state index >= 15 is 0 Å². The molecule has 0 spiro atoms. The Labute approximate surface area is 122 Å². The third-order valence-electron chi connectivity index (χ3n) is 2.86. The van der Waals surface area contributed by atoms with Gasteiger partial charge in [0.05, 0.1) is 23.4 Å². The van der Waals surface area contributed by atoms with Crippen LogP contribution in [0.1, 0.15) is 13.3 Å². The summed E-state index contributed by atoms with van der Waals surface area (Å²) in [5, 5.41) is 12.4. The van der Waals surface area contributed by atoms with Gasteiger partial charge in [0.15, 0.2) is 5.13 Å². The van der Waals surface area contributed by atoms with E-state index in [0.29, 0.717) is 11.7 Å². The lowest BCUT2D eigenvalue weighted by Crippen LogP contribution is -2.35. The molecule has 2 aromatic rings. The average molecular weight is 293 g/mol. The number of hydrogen-bond donors (Lipinski definition) is 2. The number of aliphatic hydroxyl groups excluding tert-OH is 1. The summed E-state index contributed by atoms with van der Waals surface area (Å²) in [6.07, 6.45) is 0.953. The Morgan fingerprint density at radius 2 is 2.20 bits per heavy atom. The Kier molecular flexibility index (Phi) is 5.46. The van der Waals surface area contributed by atoms with Crippen LogP contribution in [0.25, 0.3) is 10.2 Å². The fourth-order valence-corrected chi connectivity index (χ4v) is 2.90. The molecule has 0 aliphatic rings. The average Bonchev–Trinajstić information content (AvgIpc) is 2.81. The number of aliphatic hydroxyl groups is 1. The van der Waals surface area contributed by atoms with E-state index in [1.165, 1.54) is 11.3 Å². The minimum Gasteiger partial charge on any atom is -0.395 e. The van der Waals surface area contributed by atoms with E-state index in [-0.39, 0.29) is 19.1 Å². The van der Waals surface area contributed by atoms with Crippen LogP contribution < -0.4 is 5.32 Å². The molecule has 5 nitrogen and oxygen atoms in total. The highest BCUT2D eigenvalue weighted by molar-refractivity contribution is 7.22. The molecule has 0 fully saturated rings. The van der Waals surface area contributed by atoms with E-state index in [4.69, 9.17) is 5.11 Å². The van der Waals surface area contributed by atoms with Gasteiger partial charge in [-0.2, -0.15) is 0 Å². The van der Waals surface area contributed by atoms with E-state index in [1.54, 1.807) is 0 Å². The number of para-hydroxylation sites is 1. The summed E-state index contributed by atoms with van der Waals surface area (Å²) in [6.45, 7) is 3.71. The van der Waals surface area contributed by atoms with Gasteiger partial charge in [-0.05, 0) is 25.1 Å². The zero-order valence-corrected chi connectivity index (χ0v) is 12.3. The van der Waals surface area contributed by atoms with Gasteiger partial charge in [0.1, 0.15) is 0 Å². The van der Waals surface area contributed by atoms with Gasteiger partial charge in [-0.3, -0.25) is 9.69 Å². The molecule has 1 heterocycles. The van der Waals surface area contributed by atoms with E-state index in [2.05, 4.69) is 17.2 Å². The first-order valence-corrected chi connectivity index (χ1v) is 7.53. The molecule has 108 valence electrons. The van der Waals surface area contributed by atoms with Crippen molar-refractivity contribution in [2.75, 3.05) is 31.6 Å². The van der Waals surface area contributed by atoms with Crippen LogP contribution in [0.15, 0.2) is 24.3 Å². The van der Waals surface area contributed by atoms with Crippen LogP contribution in [0.3, 0.4) is 0 Å². The number of nitrogens with zero attached hydrogens (tertiary/aromatic N) is 2. The van der Waals surface area contributed by atoms with Crippen molar-refractivity contribution in [1.29, 1.82) is 0 Å². The molecule has 2 N–H and O–H groups in total. The second-order valence-corrected chi connectivity index (χ2v) is 5.57. The summed E-state index contributed by atoms with van der Waals surface area (Å²) < 4.78 is 1.06. The molecule has 0 aliphatic heterocycles. The first kappa shape index (κ1) is 14.9. The van der Waals surface area contributed by atoms with Crippen LogP contribution in [0.5, 0.6) is 0 Å². The minimum absolute atomic E-state index is 0.0639. The highest BCUT2D eigenvalue weighted by Gasteiger charge is 2.11. The molecule has 0 aliphatic carbocycles. The third kappa shape index (κ3) is 4.00. The number of hydrogen-bond acceptors (Lipinski definition) is 5. The smallest absolute Gasteiger partial charge is 0.240 e. The van der Waals surface area contributed by atoms with Crippen LogP contribution in [-0.4, -0.2) is 47.1 Å². The summed E-state index contributed by atoms with van der Waals surface area (Å²) in [6, 6.07) is 7.79. The monoisotopic (exact) mass is 293 g/mol. The van der Waals surface area contributed by atoms with E-state index < -0.39 is 0 Å². The van der Waals surface area contributed by atoms with E-state index in [9.17, 15) is 4.79 Å². The van der Waals surface area contributed by atoms with Crippen molar-refractivity contribution >= 4 is 32.6 Å². The second-order valence-electron chi connectivity index (χ2n) is 4.53. The molecule has 1 aromatic carbocycles. The Balaban J connectivity index is 1.96. The predicted molar refractivity (Wildman–Crippen MR) is 82.1 cm³/mol. The molecule has 0 saturated heterocycles. The maximum Gasteiger partial charge on any atom is 0.240 e. The van der Waals surface area contributed by atoms with Gasteiger partial charge in [0.25, 0.3) is 0 Å². The summed E-state index contributed by atoms with van der Waals surface area (Å²) >= 11 is 1.47. The van der Waals surface area contributed by atoms with Gasteiger partial charge < -0.3 is 10.4 Å². The summed E-state index contributed by atoms with van der Waals surface area (Å²) in [4.78, 5) is 18.3. The fraction of sp³-hybridized carbons (Fsp3) is 0.429. The minimum atomic E-state index is -0.0917. The van der Waals surface area contributed by atoms with Crippen molar-refractivity contribution < 1.29 is 9.90 Å². The molecule has 0 unspecified atom stereocenters. The SMILES string of the molecule is CCCN(CCO)CC(=O)Nc1nc2ccccc2s1. The number of rotatable bonds is 7. The van der Waals surface area contributed by atoms with Crippen LogP contribution >= 0.6 is 11.3 Å². The highest BCUT2D eigenvalue weighted by Crippen LogP contribution is 2.25. The Bertz CT molecular complexity index is 531. The molecule has 6 heteroatoms. The first-order valence-electron chi connectivity index (χ1n) is 6.71. The lowest BCUT2D eigenvalue weighted by Gasteiger charge is -2.19. The number of nitrogens with one attached hydrogen (secondary N) is 1. The molecule has 1 aromatic heterocycles. The van der Waals surface area contributed by atoms with Gasteiger partial charge in [-0.1, -0.05) is 30.4 Å². The molecule has 0 radical (unpaired) electrons. The quantitative estimate of drug-likeness (QED) is 0.819. The molecular weight excluding hydrogens is 274 g/mol. The zero-order valence-electron chi connectivity index (χ0n) is 11.5. The Morgan fingerprint density at radius 1 is 1.40 bits per heavy atom. The summed E-state index contributed by atoms with van der Waals surface area (Å²) in [7, 11) is 0. The molecule has 1 amide bonds. The Hall–Kier alpha value is -1.50. The fourth-order valence-electron chi connectivity index (χ4n) is 2.02. The summed E-state index contributed by atoms with van der Waals surface area (Å²) in [5.41, 5.74) is 0.897. The van der Waals surface area contributed by atoms with Gasteiger partial charge in [0, 0.05) is 6.54 Å². The molecule has 0 saturated carbocycles. The van der Waals surface area contributed by atoms with Crippen molar-refractivity contribution in [3.63, 3.8) is 0 Å². The molecule has 0 atom stereocenters. The molecular formula is C14H19N3O2S. The molecule has 2 rings (SSSR count). The largest absolute Gasteiger partial charge is 0.395 e. The number of anilines is 1. The van der Waals surface area contributed by atoms with Crippen molar-refractivity contribution in [1.82, 2.24) is 9.88 Å². The van der Waals surface area contributed by atoms with E-state index in [0.717, 1.165) is 23.2 Å². The summed E-state index contributed by atoms with van der Waals surface area (Å²) in [5.74, 6) is -0.0917. The van der Waals surface area contributed by atoms with Crippen molar-refractivity contribution in [2.24, 2.45) is 0 Å². The number of thiazole rings is 1. The zero-order chi connectivity index (χ0) is 14.4. The van der Waals surface area contributed by atoms with Crippen LogP contribution in [0.4, 0.5) is 5.13 Å². The van der Waals surface area contributed by atoms with Gasteiger partial charge in [0.2, 0.25) is 5.91 Å². The lowest BCUT2D eigenvalue weighted by molar-refractivity contribution is -0.117.